The number of ether oxygens (including phenoxy) is 2. The average Bonchev–Trinajstić information content (AvgIpc) is 2.61. The third-order valence-corrected chi connectivity index (χ3v) is 4.77. The van der Waals surface area contributed by atoms with Gasteiger partial charge in [-0.15, -0.1) is 0 Å². The highest BCUT2D eigenvalue weighted by molar-refractivity contribution is 9.10. The SMILES string of the molecule is COc1nc(N(C(=O)OC(C)(C)C)c2ccc(Br)c(CBr)c2)ccc1C#N. The molecule has 0 bridgehead atoms. The van der Waals surface area contributed by atoms with E-state index in [1.165, 1.54) is 12.0 Å². The van der Waals surface area contributed by atoms with E-state index in [1.54, 1.807) is 39.0 Å². The number of amides is 1. The molecule has 1 aromatic carbocycles. The van der Waals surface area contributed by atoms with Crippen LogP contribution in [0.1, 0.15) is 31.9 Å². The second kappa shape index (κ2) is 8.72. The van der Waals surface area contributed by atoms with Crippen molar-refractivity contribution < 1.29 is 14.3 Å². The third kappa shape index (κ3) is 5.21. The Bertz CT molecular complexity index is 889. The summed E-state index contributed by atoms with van der Waals surface area (Å²) in [6.07, 6.45) is -0.579. The molecule has 27 heavy (non-hydrogen) atoms. The van der Waals surface area contributed by atoms with Crippen LogP contribution in [0.15, 0.2) is 34.8 Å². The van der Waals surface area contributed by atoms with Crippen molar-refractivity contribution in [2.75, 3.05) is 12.0 Å². The summed E-state index contributed by atoms with van der Waals surface area (Å²) in [5.74, 6) is 0.435. The Balaban J connectivity index is 2.60. The van der Waals surface area contributed by atoms with E-state index in [2.05, 4.69) is 36.8 Å². The number of benzene rings is 1. The van der Waals surface area contributed by atoms with E-state index in [-0.39, 0.29) is 11.4 Å². The summed E-state index contributed by atoms with van der Waals surface area (Å²) in [4.78, 5) is 18.6. The summed E-state index contributed by atoms with van der Waals surface area (Å²) in [5.41, 5.74) is 1.14. The highest BCUT2D eigenvalue weighted by atomic mass is 79.9. The Hall–Kier alpha value is -2.11. The lowest BCUT2D eigenvalue weighted by Crippen LogP contribution is -2.34. The number of rotatable bonds is 4. The Labute approximate surface area is 175 Å². The predicted molar refractivity (Wildman–Crippen MR) is 111 cm³/mol. The minimum absolute atomic E-state index is 0.140. The molecule has 0 spiro atoms. The van der Waals surface area contributed by atoms with E-state index >= 15 is 0 Å². The van der Waals surface area contributed by atoms with Gasteiger partial charge in [0.2, 0.25) is 5.88 Å². The van der Waals surface area contributed by atoms with Gasteiger partial charge in [-0.1, -0.05) is 31.9 Å². The maximum Gasteiger partial charge on any atom is 0.420 e. The Morgan fingerprint density at radius 3 is 2.56 bits per heavy atom. The zero-order valence-corrected chi connectivity index (χ0v) is 18.6. The van der Waals surface area contributed by atoms with Crippen LogP contribution in [0.5, 0.6) is 5.88 Å². The number of carbonyl (C=O) groups is 1. The fraction of sp³-hybridized carbons (Fsp3) is 0.316. The van der Waals surface area contributed by atoms with Crippen LogP contribution in [0.25, 0.3) is 0 Å². The number of nitriles is 1. The summed E-state index contributed by atoms with van der Waals surface area (Å²) in [5, 5.41) is 9.78. The second-order valence-electron chi connectivity index (χ2n) is 6.56. The highest BCUT2D eigenvalue weighted by Gasteiger charge is 2.27. The molecule has 1 aromatic heterocycles. The number of methoxy groups -OCH3 is 1. The van der Waals surface area contributed by atoms with Gasteiger partial charge in [-0.25, -0.2) is 9.69 Å². The maximum atomic E-state index is 12.9. The highest BCUT2D eigenvalue weighted by Crippen LogP contribution is 2.32. The van der Waals surface area contributed by atoms with Gasteiger partial charge < -0.3 is 9.47 Å². The van der Waals surface area contributed by atoms with Gasteiger partial charge in [0, 0.05) is 9.80 Å². The van der Waals surface area contributed by atoms with Gasteiger partial charge in [0.25, 0.3) is 0 Å². The first kappa shape index (κ1) is 21.2. The molecule has 0 saturated carbocycles. The van der Waals surface area contributed by atoms with Gasteiger partial charge in [0.1, 0.15) is 23.1 Å². The number of aromatic nitrogens is 1. The normalized spacial score (nSPS) is 10.9. The zero-order chi connectivity index (χ0) is 20.2. The molecule has 142 valence electrons. The summed E-state index contributed by atoms with van der Waals surface area (Å²) in [7, 11) is 1.42. The third-order valence-electron chi connectivity index (χ3n) is 3.40. The van der Waals surface area contributed by atoms with Gasteiger partial charge in [-0.2, -0.15) is 10.2 Å². The van der Waals surface area contributed by atoms with E-state index in [9.17, 15) is 10.1 Å². The molecule has 2 rings (SSSR count). The van der Waals surface area contributed by atoms with E-state index in [0.29, 0.717) is 16.8 Å². The fourth-order valence-corrected chi connectivity index (χ4v) is 3.46. The standard InChI is InChI=1S/C19H19Br2N3O3/c1-19(2,3)27-18(25)24(14-6-7-15(21)13(9-14)10-20)16-8-5-12(11-22)17(23-16)26-4/h5-9H,10H2,1-4H3. The topological polar surface area (TPSA) is 75.4 Å². The van der Waals surface area contributed by atoms with Crippen LogP contribution in [-0.4, -0.2) is 23.8 Å². The van der Waals surface area contributed by atoms with Gasteiger partial charge >= 0.3 is 6.09 Å². The fourth-order valence-electron chi connectivity index (χ4n) is 2.24. The number of pyridine rings is 1. The molecule has 0 aliphatic carbocycles. The van der Waals surface area contributed by atoms with Gasteiger partial charge in [-0.05, 0) is 56.7 Å². The van der Waals surface area contributed by atoms with Crippen LogP contribution >= 0.6 is 31.9 Å². The molecule has 6 nitrogen and oxygen atoms in total. The number of hydrogen-bond donors (Lipinski definition) is 0. The lowest BCUT2D eigenvalue weighted by Gasteiger charge is -2.27. The number of alkyl halides is 1. The second-order valence-corrected chi connectivity index (χ2v) is 7.98. The number of anilines is 2. The monoisotopic (exact) mass is 495 g/mol. The smallest absolute Gasteiger partial charge is 0.420 e. The molecular weight excluding hydrogens is 478 g/mol. The number of nitrogens with zero attached hydrogens (tertiary/aromatic N) is 3. The molecule has 2 aromatic rings. The lowest BCUT2D eigenvalue weighted by atomic mass is 10.2. The van der Waals surface area contributed by atoms with Crippen molar-refractivity contribution >= 4 is 49.5 Å². The van der Waals surface area contributed by atoms with E-state index in [0.717, 1.165) is 10.0 Å². The quantitative estimate of drug-likeness (QED) is 0.508. The number of halogens is 2. The Morgan fingerprint density at radius 1 is 1.30 bits per heavy atom. The minimum Gasteiger partial charge on any atom is -0.480 e. The van der Waals surface area contributed by atoms with Gasteiger partial charge in [0.15, 0.2) is 0 Å². The Morgan fingerprint density at radius 2 is 2.00 bits per heavy atom. The molecule has 8 heteroatoms. The van der Waals surface area contributed by atoms with E-state index in [4.69, 9.17) is 9.47 Å². The van der Waals surface area contributed by atoms with Crippen molar-refractivity contribution in [3.63, 3.8) is 0 Å². The molecular formula is C19H19Br2N3O3. The van der Waals surface area contributed by atoms with Crippen molar-refractivity contribution in [1.29, 1.82) is 5.26 Å². The molecule has 0 radical (unpaired) electrons. The molecule has 1 heterocycles. The van der Waals surface area contributed by atoms with Crippen LogP contribution < -0.4 is 9.64 Å². The minimum atomic E-state index is -0.681. The van der Waals surface area contributed by atoms with Gasteiger partial charge in [0.05, 0.1) is 12.8 Å². The first-order chi connectivity index (χ1) is 12.7. The van der Waals surface area contributed by atoms with Crippen molar-refractivity contribution in [3.05, 3.63) is 45.9 Å². The van der Waals surface area contributed by atoms with Crippen LogP contribution in [0.3, 0.4) is 0 Å². The molecule has 0 fully saturated rings. The van der Waals surface area contributed by atoms with Gasteiger partial charge in [-0.3, -0.25) is 0 Å². The lowest BCUT2D eigenvalue weighted by molar-refractivity contribution is 0.0598. The molecule has 0 atom stereocenters. The van der Waals surface area contributed by atoms with Crippen LogP contribution in [-0.2, 0) is 10.1 Å². The van der Waals surface area contributed by atoms with Crippen molar-refractivity contribution in [3.8, 4) is 11.9 Å². The molecule has 0 N–H and O–H groups in total. The van der Waals surface area contributed by atoms with Crippen LogP contribution in [0.4, 0.5) is 16.3 Å². The summed E-state index contributed by atoms with van der Waals surface area (Å²) < 4.78 is 11.7. The van der Waals surface area contributed by atoms with E-state index < -0.39 is 11.7 Å². The zero-order valence-electron chi connectivity index (χ0n) is 15.4. The maximum absolute atomic E-state index is 12.9. The van der Waals surface area contributed by atoms with Crippen molar-refractivity contribution in [1.82, 2.24) is 4.98 Å². The molecule has 1 amide bonds. The number of carbonyl (C=O) groups excluding carboxylic acids is 1. The Kier molecular flexibility index (Phi) is 6.84. The average molecular weight is 497 g/mol. The molecule has 0 aliphatic heterocycles. The number of hydrogen-bond acceptors (Lipinski definition) is 5. The first-order valence-electron chi connectivity index (χ1n) is 8.02. The molecule has 0 unspecified atom stereocenters. The van der Waals surface area contributed by atoms with Crippen molar-refractivity contribution in [2.45, 2.75) is 31.7 Å². The molecule has 0 aliphatic rings. The van der Waals surface area contributed by atoms with Crippen molar-refractivity contribution in [2.24, 2.45) is 0 Å². The summed E-state index contributed by atoms with van der Waals surface area (Å²) >= 11 is 6.93. The largest absolute Gasteiger partial charge is 0.480 e. The first-order valence-corrected chi connectivity index (χ1v) is 9.94. The predicted octanol–water partition coefficient (Wildman–Crippen LogP) is 5.69. The summed E-state index contributed by atoms with van der Waals surface area (Å²) in [6, 6.07) is 10.6. The van der Waals surface area contributed by atoms with Crippen LogP contribution in [0, 0.1) is 11.3 Å². The summed E-state index contributed by atoms with van der Waals surface area (Å²) in [6.45, 7) is 5.38. The van der Waals surface area contributed by atoms with E-state index in [1.807, 2.05) is 18.2 Å². The molecule has 0 saturated heterocycles. The van der Waals surface area contributed by atoms with Crippen LogP contribution in [0.2, 0.25) is 0 Å².